The zero-order valence-corrected chi connectivity index (χ0v) is 20.5. The first-order valence-electron chi connectivity index (χ1n) is 11.6. The number of hydrogen-bond acceptors (Lipinski definition) is 8. The SMILES string of the molecule is CC(C)[C@H](NC(=O)OCc1ccccc1)C(O)N[C@@H](CO)C(=O)N[C@@H](CCCNC(=N)N)C(=O)CF. The van der Waals surface area contributed by atoms with E-state index in [1.54, 1.807) is 38.1 Å². The van der Waals surface area contributed by atoms with Crippen LogP contribution in [0.15, 0.2) is 30.3 Å². The Balaban J connectivity index is 2.71. The van der Waals surface area contributed by atoms with Gasteiger partial charge in [-0.25, -0.2) is 9.18 Å². The lowest BCUT2D eigenvalue weighted by atomic mass is 10.0. The molecule has 0 aliphatic rings. The van der Waals surface area contributed by atoms with E-state index in [-0.39, 0.29) is 31.4 Å². The van der Waals surface area contributed by atoms with Crippen LogP contribution >= 0.6 is 0 Å². The third-order valence-electron chi connectivity index (χ3n) is 5.25. The minimum absolute atomic E-state index is 0.0224. The lowest BCUT2D eigenvalue weighted by Crippen LogP contribution is -2.60. The number of carbonyl (C=O) groups excluding carboxylic acids is 3. The molecule has 0 heterocycles. The van der Waals surface area contributed by atoms with Crippen LogP contribution in [0.2, 0.25) is 0 Å². The molecular formula is C23H37FN6O6. The number of amides is 2. The Morgan fingerprint density at radius 3 is 2.36 bits per heavy atom. The molecule has 1 unspecified atom stereocenters. The molecule has 202 valence electrons. The molecule has 0 aliphatic heterocycles. The van der Waals surface area contributed by atoms with Crippen LogP contribution in [0.3, 0.4) is 0 Å². The summed E-state index contributed by atoms with van der Waals surface area (Å²) in [7, 11) is 0. The van der Waals surface area contributed by atoms with Crippen LogP contribution < -0.4 is 27.0 Å². The zero-order valence-electron chi connectivity index (χ0n) is 20.5. The summed E-state index contributed by atoms with van der Waals surface area (Å²) >= 11 is 0. The van der Waals surface area contributed by atoms with Crippen LogP contribution in [0, 0.1) is 11.3 Å². The third-order valence-corrected chi connectivity index (χ3v) is 5.25. The first-order chi connectivity index (χ1) is 17.1. The van der Waals surface area contributed by atoms with Crippen LogP contribution in [0.5, 0.6) is 0 Å². The highest BCUT2D eigenvalue weighted by Gasteiger charge is 2.31. The monoisotopic (exact) mass is 512 g/mol. The van der Waals surface area contributed by atoms with Gasteiger partial charge in [0.2, 0.25) is 5.91 Å². The van der Waals surface area contributed by atoms with Crippen molar-refractivity contribution in [3.05, 3.63) is 35.9 Å². The van der Waals surface area contributed by atoms with Crippen molar-refractivity contribution in [3.8, 4) is 0 Å². The summed E-state index contributed by atoms with van der Waals surface area (Å²) in [6, 6.07) is 5.59. The number of alkyl halides is 1. The van der Waals surface area contributed by atoms with E-state index in [0.717, 1.165) is 5.56 Å². The summed E-state index contributed by atoms with van der Waals surface area (Å²) in [6.45, 7) is 1.68. The predicted octanol–water partition coefficient (Wildman–Crippen LogP) is -0.507. The summed E-state index contributed by atoms with van der Waals surface area (Å²) in [6.07, 6.45) is -1.87. The van der Waals surface area contributed by atoms with E-state index >= 15 is 0 Å². The molecule has 0 spiro atoms. The van der Waals surface area contributed by atoms with Crippen LogP contribution in [0.25, 0.3) is 0 Å². The highest BCUT2D eigenvalue weighted by Crippen LogP contribution is 2.08. The van der Waals surface area contributed by atoms with Crippen molar-refractivity contribution in [2.45, 2.75) is 57.6 Å². The number of ether oxygens (including phenoxy) is 1. The van der Waals surface area contributed by atoms with Gasteiger partial charge in [-0.2, -0.15) is 0 Å². The quantitative estimate of drug-likeness (QED) is 0.0622. The van der Waals surface area contributed by atoms with Crippen molar-refractivity contribution in [1.82, 2.24) is 21.3 Å². The minimum atomic E-state index is -1.47. The number of aliphatic hydroxyl groups excluding tert-OH is 2. The van der Waals surface area contributed by atoms with E-state index in [1.807, 2.05) is 6.07 Å². The predicted molar refractivity (Wildman–Crippen MR) is 130 cm³/mol. The maximum atomic E-state index is 13.0. The van der Waals surface area contributed by atoms with Gasteiger partial charge < -0.3 is 36.6 Å². The number of Topliss-reactive ketones (excluding diaryl/α,β-unsaturated/α-hetero) is 1. The minimum Gasteiger partial charge on any atom is -0.445 e. The lowest BCUT2D eigenvalue weighted by molar-refractivity contribution is -0.131. The Bertz CT molecular complexity index is 844. The summed E-state index contributed by atoms with van der Waals surface area (Å²) in [5.41, 5.74) is 5.96. The molecule has 13 heteroatoms. The fraction of sp³-hybridized carbons (Fsp3) is 0.565. The normalized spacial score (nSPS) is 14.3. The molecule has 0 fully saturated rings. The van der Waals surface area contributed by atoms with Crippen molar-refractivity contribution in [2.24, 2.45) is 11.7 Å². The fourth-order valence-electron chi connectivity index (χ4n) is 3.24. The van der Waals surface area contributed by atoms with Crippen LogP contribution in [-0.2, 0) is 20.9 Å². The summed E-state index contributed by atoms with van der Waals surface area (Å²) < 4.78 is 18.2. The molecule has 0 saturated heterocycles. The second-order valence-corrected chi connectivity index (χ2v) is 8.47. The molecule has 2 amide bonds. The topological polar surface area (TPSA) is 199 Å². The van der Waals surface area contributed by atoms with Crippen molar-refractivity contribution in [2.75, 3.05) is 19.8 Å². The van der Waals surface area contributed by atoms with E-state index < -0.39 is 55.4 Å². The number of alkyl carbamates (subject to hydrolysis) is 1. The smallest absolute Gasteiger partial charge is 0.407 e. The number of guanidine groups is 1. The molecule has 4 atom stereocenters. The number of rotatable bonds is 16. The first kappa shape index (κ1) is 30.7. The summed E-state index contributed by atoms with van der Waals surface area (Å²) in [4.78, 5) is 36.8. The zero-order chi connectivity index (χ0) is 27.1. The summed E-state index contributed by atoms with van der Waals surface area (Å²) in [5.74, 6) is -2.25. The van der Waals surface area contributed by atoms with Crippen LogP contribution in [0.4, 0.5) is 9.18 Å². The molecule has 0 saturated carbocycles. The molecule has 36 heavy (non-hydrogen) atoms. The molecule has 0 bridgehead atoms. The highest BCUT2D eigenvalue weighted by molar-refractivity contribution is 5.91. The Hall–Kier alpha value is -3.29. The van der Waals surface area contributed by atoms with Gasteiger partial charge in [0, 0.05) is 6.54 Å². The van der Waals surface area contributed by atoms with E-state index in [2.05, 4.69) is 21.3 Å². The van der Waals surface area contributed by atoms with Crippen molar-refractivity contribution < 1.29 is 33.7 Å². The number of halogens is 1. The maximum Gasteiger partial charge on any atom is 0.407 e. The fourth-order valence-corrected chi connectivity index (χ4v) is 3.24. The average molecular weight is 513 g/mol. The van der Waals surface area contributed by atoms with Crippen LogP contribution in [0.1, 0.15) is 32.3 Å². The van der Waals surface area contributed by atoms with Crippen LogP contribution in [-0.4, -0.2) is 78.1 Å². The summed E-state index contributed by atoms with van der Waals surface area (Å²) in [5, 5.41) is 37.4. The second kappa shape index (κ2) is 16.4. The Kier molecular flexibility index (Phi) is 14.0. The molecule has 0 radical (unpaired) electrons. The van der Waals surface area contributed by atoms with E-state index in [4.69, 9.17) is 15.9 Å². The van der Waals surface area contributed by atoms with E-state index in [1.165, 1.54) is 0 Å². The van der Waals surface area contributed by atoms with Gasteiger partial charge in [-0.05, 0) is 24.3 Å². The standard InChI is InChI=1S/C23H37FN6O6/c1-14(2)19(30-23(35)36-13-15-7-4-3-5-8-15)21(34)29-17(12-31)20(33)28-16(18(32)11-24)9-6-10-27-22(25)26/h3-5,7-8,14,16-17,19,21,29,31,34H,6,9-13H2,1-2H3,(H,28,33)(H,30,35)(H4,25,26,27)/t16-,17-,19-,21?/m0/s1. The van der Waals surface area contributed by atoms with Crippen molar-refractivity contribution in [3.63, 3.8) is 0 Å². The van der Waals surface area contributed by atoms with Gasteiger partial charge in [-0.1, -0.05) is 44.2 Å². The molecule has 9 N–H and O–H groups in total. The molecule has 1 aromatic rings. The van der Waals surface area contributed by atoms with Gasteiger partial charge in [-0.15, -0.1) is 0 Å². The lowest BCUT2D eigenvalue weighted by Gasteiger charge is -2.30. The van der Waals surface area contributed by atoms with Gasteiger partial charge in [0.15, 0.2) is 11.7 Å². The third kappa shape index (κ3) is 11.4. The van der Waals surface area contributed by atoms with Gasteiger partial charge in [0.05, 0.1) is 18.7 Å². The van der Waals surface area contributed by atoms with E-state index in [9.17, 15) is 29.0 Å². The molecule has 12 nitrogen and oxygen atoms in total. The number of hydrogen-bond donors (Lipinski definition) is 8. The Labute approximate surface area is 209 Å². The number of nitrogens with two attached hydrogens (primary N) is 1. The molecule has 0 aliphatic carbocycles. The number of nitrogens with one attached hydrogen (secondary N) is 5. The molecule has 1 rings (SSSR count). The number of benzene rings is 1. The number of carbonyl (C=O) groups is 3. The molecule has 0 aromatic heterocycles. The van der Waals surface area contributed by atoms with Gasteiger partial charge >= 0.3 is 6.09 Å². The molecule has 1 aromatic carbocycles. The first-order valence-corrected chi connectivity index (χ1v) is 11.6. The Morgan fingerprint density at radius 1 is 1.14 bits per heavy atom. The maximum absolute atomic E-state index is 13.0. The van der Waals surface area contributed by atoms with Gasteiger partial charge in [0.1, 0.15) is 25.6 Å². The van der Waals surface area contributed by atoms with Gasteiger partial charge in [-0.3, -0.25) is 20.3 Å². The second-order valence-electron chi connectivity index (χ2n) is 8.47. The Morgan fingerprint density at radius 2 is 1.81 bits per heavy atom. The van der Waals surface area contributed by atoms with Crippen molar-refractivity contribution >= 4 is 23.7 Å². The number of aliphatic hydroxyl groups is 2. The largest absolute Gasteiger partial charge is 0.445 e. The number of ketones is 1. The van der Waals surface area contributed by atoms with Gasteiger partial charge in [0.25, 0.3) is 0 Å². The van der Waals surface area contributed by atoms with Crippen molar-refractivity contribution in [1.29, 1.82) is 5.41 Å². The molecular weight excluding hydrogens is 475 g/mol. The average Bonchev–Trinajstić information content (AvgIpc) is 2.85. The highest BCUT2D eigenvalue weighted by atomic mass is 19.1. The van der Waals surface area contributed by atoms with E-state index in [0.29, 0.717) is 6.42 Å².